The minimum absolute atomic E-state index is 0.0824. The molecule has 1 aromatic rings. The number of aromatic nitrogens is 1. The Morgan fingerprint density at radius 1 is 1.08 bits per heavy atom. The highest BCUT2D eigenvalue weighted by Gasteiger charge is 2.30. The zero-order chi connectivity index (χ0) is 17.1. The van der Waals surface area contributed by atoms with Gasteiger partial charge in [0.2, 0.25) is 0 Å². The van der Waals surface area contributed by atoms with E-state index < -0.39 is 0 Å². The summed E-state index contributed by atoms with van der Waals surface area (Å²) in [5, 5.41) is 0. The SMILES string of the molecule is O=C(c1cc(N2CCOCC2)ccn1)N1CCCC(N2CCCC2)C1. The molecule has 136 valence electrons. The van der Waals surface area contributed by atoms with Crippen molar-refractivity contribution in [3.8, 4) is 0 Å². The average Bonchev–Trinajstić information content (AvgIpc) is 3.23. The van der Waals surface area contributed by atoms with Gasteiger partial charge in [-0.15, -0.1) is 0 Å². The number of carbonyl (C=O) groups is 1. The van der Waals surface area contributed by atoms with Crippen LogP contribution in [-0.2, 0) is 4.74 Å². The Morgan fingerprint density at radius 3 is 2.68 bits per heavy atom. The van der Waals surface area contributed by atoms with Crippen LogP contribution in [-0.4, -0.2) is 79.2 Å². The second-order valence-corrected chi connectivity index (χ2v) is 7.29. The average molecular weight is 344 g/mol. The fraction of sp³-hybridized carbons (Fsp3) is 0.684. The number of likely N-dealkylation sites (tertiary alicyclic amines) is 2. The van der Waals surface area contributed by atoms with Gasteiger partial charge in [-0.2, -0.15) is 0 Å². The minimum Gasteiger partial charge on any atom is -0.378 e. The lowest BCUT2D eigenvalue weighted by atomic mass is 10.0. The molecule has 1 amide bonds. The molecule has 4 heterocycles. The summed E-state index contributed by atoms with van der Waals surface area (Å²) in [7, 11) is 0. The highest BCUT2D eigenvalue weighted by molar-refractivity contribution is 5.93. The van der Waals surface area contributed by atoms with Crippen molar-refractivity contribution in [3.63, 3.8) is 0 Å². The van der Waals surface area contributed by atoms with Crippen LogP contribution >= 0.6 is 0 Å². The molecule has 0 saturated carbocycles. The third kappa shape index (κ3) is 3.80. The molecule has 6 nitrogen and oxygen atoms in total. The molecule has 1 unspecified atom stereocenters. The molecule has 25 heavy (non-hydrogen) atoms. The summed E-state index contributed by atoms with van der Waals surface area (Å²) in [5.74, 6) is 0.0824. The number of ether oxygens (including phenoxy) is 1. The van der Waals surface area contributed by atoms with Crippen molar-refractivity contribution in [1.82, 2.24) is 14.8 Å². The zero-order valence-electron chi connectivity index (χ0n) is 14.9. The fourth-order valence-electron chi connectivity index (χ4n) is 4.26. The molecular formula is C19H28N4O2. The molecule has 3 aliphatic rings. The normalized spacial score (nSPS) is 25.4. The maximum absolute atomic E-state index is 13.0. The number of rotatable bonds is 3. The molecule has 3 fully saturated rings. The molecule has 3 aliphatic heterocycles. The van der Waals surface area contributed by atoms with Crippen LogP contribution in [0.1, 0.15) is 36.2 Å². The molecule has 1 atom stereocenters. The molecule has 0 aromatic carbocycles. The number of morpholine rings is 1. The first-order chi connectivity index (χ1) is 12.3. The summed E-state index contributed by atoms with van der Waals surface area (Å²) >= 11 is 0. The molecule has 4 rings (SSSR count). The first-order valence-corrected chi connectivity index (χ1v) is 9.63. The topological polar surface area (TPSA) is 48.9 Å². The van der Waals surface area contributed by atoms with Crippen LogP contribution in [0.3, 0.4) is 0 Å². The highest BCUT2D eigenvalue weighted by Crippen LogP contribution is 2.22. The van der Waals surface area contributed by atoms with Gasteiger partial charge in [0.25, 0.3) is 5.91 Å². The van der Waals surface area contributed by atoms with E-state index >= 15 is 0 Å². The van der Waals surface area contributed by atoms with Crippen LogP contribution < -0.4 is 4.90 Å². The van der Waals surface area contributed by atoms with Crippen molar-refractivity contribution in [2.45, 2.75) is 31.7 Å². The molecule has 1 aromatic heterocycles. The monoisotopic (exact) mass is 344 g/mol. The van der Waals surface area contributed by atoms with E-state index in [9.17, 15) is 4.79 Å². The summed E-state index contributed by atoms with van der Waals surface area (Å²) in [5.41, 5.74) is 1.65. The lowest BCUT2D eigenvalue weighted by Gasteiger charge is -2.37. The first-order valence-electron chi connectivity index (χ1n) is 9.63. The number of hydrogen-bond donors (Lipinski definition) is 0. The predicted octanol–water partition coefficient (Wildman–Crippen LogP) is 1.62. The largest absolute Gasteiger partial charge is 0.378 e. The maximum atomic E-state index is 13.0. The fourth-order valence-corrected chi connectivity index (χ4v) is 4.26. The highest BCUT2D eigenvalue weighted by atomic mass is 16.5. The zero-order valence-corrected chi connectivity index (χ0v) is 14.9. The van der Waals surface area contributed by atoms with Crippen LogP contribution in [0, 0.1) is 0 Å². The second kappa shape index (κ2) is 7.70. The predicted molar refractivity (Wildman–Crippen MR) is 97.0 cm³/mol. The number of amides is 1. The quantitative estimate of drug-likeness (QED) is 0.834. The molecule has 0 bridgehead atoms. The Balaban J connectivity index is 1.44. The van der Waals surface area contributed by atoms with E-state index in [0.29, 0.717) is 11.7 Å². The summed E-state index contributed by atoms with van der Waals surface area (Å²) in [4.78, 5) is 24.2. The van der Waals surface area contributed by atoms with Gasteiger partial charge in [-0.25, -0.2) is 0 Å². The van der Waals surface area contributed by atoms with Gasteiger partial charge in [-0.1, -0.05) is 0 Å². The van der Waals surface area contributed by atoms with Gasteiger partial charge in [-0.05, 0) is 50.9 Å². The smallest absolute Gasteiger partial charge is 0.272 e. The van der Waals surface area contributed by atoms with Crippen LogP contribution in [0.15, 0.2) is 18.3 Å². The van der Waals surface area contributed by atoms with E-state index in [0.717, 1.165) is 51.5 Å². The minimum atomic E-state index is 0.0824. The summed E-state index contributed by atoms with van der Waals surface area (Å²) in [6.07, 6.45) is 6.67. The molecule has 0 N–H and O–H groups in total. The lowest BCUT2D eigenvalue weighted by molar-refractivity contribution is 0.0602. The third-order valence-electron chi connectivity index (χ3n) is 5.68. The molecular weight excluding hydrogens is 316 g/mol. The van der Waals surface area contributed by atoms with Crippen LogP contribution in [0.2, 0.25) is 0 Å². The van der Waals surface area contributed by atoms with Gasteiger partial charge < -0.3 is 14.5 Å². The Bertz CT molecular complexity index is 597. The molecule has 0 aliphatic carbocycles. The van der Waals surface area contributed by atoms with Crippen molar-refractivity contribution in [3.05, 3.63) is 24.0 Å². The van der Waals surface area contributed by atoms with Crippen LogP contribution in [0.4, 0.5) is 5.69 Å². The Labute approximate surface area is 149 Å². The van der Waals surface area contributed by atoms with E-state index in [1.54, 1.807) is 6.20 Å². The molecule has 0 radical (unpaired) electrons. The van der Waals surface area contributed by atoms with Gasteiger partial charge in [0.1, 0.15) is 5.69 Å². The van der Waals surface area contributed by atoms with Crippen LogP contribution in [0.5, 0.6) is 0 Å². The summed E-state index contributed by atoms with van der Waals surface area (Å²) in [6, 6.07) is 4.47. The molecule has 3 saturated heterocycles. The van der Waals surface area contributed by atoms with Crippen molar-refractivity contribution in [2.75, 3.05) is 57.4 Å². The summed E-state index contributed by atoms with van der Waals surface area (Å²) < 4.78 is 5.42. The molecule has 6 heteroatoms. The maximum Gasteiger partial charge on any atom is 0.272 e. The number of piperidine rings is 1. The van der Waals surface area contributed by atoms with Crippen molar-refractivity contribution >= 4 is 11.6 Å². The Hall–Kier alpha value is -1.66. The van der Waals surface area contributed by atoms with Gasteiger partial charge in [0.15, 0.2) is 0 Å². The number of nitrogens with zero attached hydrogens (tertiary/aromatic N) is 4. The van der Waals surface area contributed by atoms with Crippen molar-refractivity contribution < 1.29 is 9.53 Å². The number of carbonyl (C=O) groups excluding carboxylic acids is 1. The van der Waals surface area contributed by atoms with Gasteiger partial charge in [0, 0.05) is 44.1 Å². The van der Waals surface area contributed by atoms with E-state index in [1.807, 2.05) is 17.0 Å². The van der Waals surface area contributed by atoms with E-state index in [-0.39, 0.29) is 5.91 Å². The summed E-state index contributed by atoms with van der Waals surface area (Å²) in [6.45, 7) is 7.32. The first kappa shape index (κ1) is 16.8. The third-order valence-corrected chi connectivity index (χ3v) is 5.68. The van der Waals surface area contributed by atoms with Gasteiger partial charge in [0.05, 0.1) is 13.2 Å². The number of anilines is 1. The number of hydrogen-bond acceptors (Lipinski definition) is 5. The van der Waals surface area contributed by atoms with Crippen molar-refractivity contribution in [2.24, 2.45) is 0 Å². The Morgan fingerprint density at radius 2 is 1.88 bits per heavy atom. The van der Waals surface area contributed by atoms with E-state index in [1.165, 1.54) is 32.4 Å². The van der Waals surface area contributed by atoms with Gasteiger partial charge in [-0.3, -0.25) is 14.7 Å². The molecule has 0 spiro atoms. The van der Waals surface area contributed by atoms with E-state index in [2.05, 4.69) is 14.8 Å². The van der Waals surface area contributed by atoms with E-state index in [4.69, 9.17) is 4.74 Å². The van der Waals surface area contributed by atoms with Gasteiger partial charge >= 0.3 is 0 Å². The second-order valence-electron chi connectivity index (χ2n) is 7.29. The number of pyridine rings is 1. The standard InChI is InChI=1S/C19H28N4O2/c24-19(23-9-3-4-17(15-23)21-7-1-2-8-21)18-14-16(5-6-20-18)22-10-12-25-13-11-22/h5-6,14,17H,1-4,7-13,15H2. The Kier molecular flexibility index (Phi) is 5.17. The lowest BCUT2D eigenvalue weighted by Crippen LogP contribution is -2.49. The van der Waals surface area contributed by atoms with Crippen LogP contribution in [0.25, 0.3) is 0 Å². The van der Waals surface area contributed by atoms with Crippen molar-refractivity contribution in [1.29, 1.82) is 0 Å².